The summed E-state index contributed by atoms with van der Waals surface area (Å²) in [4.78, 5) is 20.0. The highest BCUT2D eigenvalue weighted by atomic mass is 16.4. The predicted molar refractivity (Wildman–Crippen MR) is 90.5 cm³/mol. The fourth-order valence-electron chi connectivity index (χ4n) is 1.82. The Hall–Kier alpha value is -3.41. The number of carbonyl (C=O) groups is 1. The van der Waals surface area contributed by atoms with Crippen LogP contribution in [0.5, 0.6) is 0 Å². The fraction of sp³-hybridized carbons (Fsp3) is 0. The Morgan fingerprint density at radius 1 is 1.09 bits per heavy atom. The summed E-state index contributed by atoms with van der Waals surface area (Å²) in [6, 6.07) is 16.1. The van der Waals surface area contributed by atoms with E-state index in [-0.39, 0.29) is 17.9 Å². The first-order chi connectivity index (χ1) is 11.2. The van der Waals surface area contributed by atoms with Crippen molar-refractivity contribution in [2.45, 2.75) is 0 Å². The predicted octanol–water partition coefficient (Wildman–Crippen LogP) is 3.01. The summed E-state index contributed by atoms with van der Waals surface area (Å²) in [5.74, 6) is -0.414. The molecule has 116 valence electrons. The number of nitrogens with one attached hydrogen (secondary N) is 1. The third-order valence-corrected chi connectivity index (χ3v) is 2.78. The van der Waals surface area contributed by atoms with Crippen molar-refractivity contribution in [1.82, 2.24) is 10.3 Å². The Kier molecular flexibility index (Phi) is 5.25. The van der Waals surface area contributed by atoms with Gasteiger partial charge in [0, 0.05) is 5.56 Å². The summed E-state index contributed by atoms with van der Waals surface area (Å²) in [5, 5.41) is 2.48. The molecule has 0 saturated heterocycles. The van der Waals surface area contributed by atoms with Crippen LogP contribution in [0.4, 0.5) is 6.01 Å². The molecule has 2 aromatic carbocycles. The third kappa shape index (κ3) is 4.04. The number of nitrogens with two attached hydrogens (primary N) is 1. The number of amides is 1. The largest absolute Gasteiger partial charge is 0.422 e. The lowest BCUT2D eigenvalue weighted by Gasteiger charge is -2.02. The molecule has 23 heavy (non-hydrogen) atoms. The van der Waals surface area contributed by atoms with E-state index in [1.54, 1.807) is 36.4 Å². The average molecular weight is 308 g/mol. The molecule has 3 aromatic rings. The number of hydrogen-bond donors (Lipinski definition) is 2. The van der Waals surface area contributed by atoms with Crippen molar-refractivity contribution in [2.75, 3.05) is 0 Å². The second-order valence-electron chi connectivity index (χ2n) is 4.28. The van der Waals surface area contributed by atoms with E-state index in [1.807, 2.05) is 18.2 Å². The van der Waals surface area contributed by atoms with Crippen molar-refractivity contribution in [3.05, 3.63) is 73.3 Å². The molecule has 1 aromatic heterocycles. The summed E-state index contributed by atoms with van der Waals surface area (Å²) in [7, 11) is 0. The van der Waals surface area contributed by atoms with Crippen LogP contribution >= 0.6 is 0 Å². The molecule has 0 saturated carbocycles. The van der Waals surface area contributed by atoms with E-state index in [1.165, 1.54) is 0 Å². The molecular formula is C17H16N4O2. The number of rotatable bonds is 2. The Morgan fingerprint density at radius 3 is 2.43 bits per heavy atom. The van der Waals surface area contributed by atoms with E-state index >= 15 is 0 Å². The van der Waals surface area contributed by atoms with E-state index in [4.69, 9.17) is 10.2 Å². The van der Waals surface area contributed by atoms with Crippen LogP contribution in [-0.2, 0) is 0 Å². The molecule has 0 bridgehead atoms. The molecule has 3 N–H and O–H groups in total. The van der Waals surface area contributed by atoms with Crippen LogP contribution in [0.25, 0.3) is 11.1 Å². The highest BCUT2D eigenvalue weighted by molar-refractivity contribution is 6.05. The van der Waals surface area contributed by atoms with Gasteiger partial charge in [-0.05, 0) is 24.3 Å². The van der Waals surface area contributed by atoms with Crippen LogP contribution in [0.3, 0.4) is 0 Å². The number of fused-ring (bicyclic) bond motifs is 1. The van der Waals surface area contributed by atoms with Crippen molar-refractivity contribution in [2.24, 2.45) is 10.7 Å². The van der Waals surface area contributed by atoms with Gasteiger partial charge in [-0.15, -0.1) is 13.2 Å². The topological polar surface area (TPSA) is 93.5 Å². The van der Waals surface area contributed by atoms with Crippen molar-refractivity contribution >= 4 is 29.0 Å². The van der Waals surface area contributed by atoms with Gasteiger partial charge in [-0.25, -0.2) is 0 Å². The van der Waals surface area contributed by atoms with E-state index in [9.17, 15) is 4.79 Å². The number of nitrogens with zero attached hydrogens (tertiary/aromatic N) is 2. The van der Waals surface area contributed by atoms with Gasteiger partial charge in [-0.3, -0.25) is 10.1 Å². The molecule has 0 aliphatic carbocycles. The molecule has 3 rings (SSSR count). The van der Waals surface area contributed by atoms with Crippen LogP contribution in [0.2, 0.25) is 0 Å². The SMILES string of the molecule is C=C.N/C(=N\c1nc2ccccc2o1)NC(=O)c1ccccc1. The monoisotopic (exact) mass is 308 g/mol. The zero-order valence-corrected chi connectivity index (χ0v) is 12.4. The molecule has 6 nitrogen and oxygen atoms in total. The van der Waals surface area contributed by atoms with Crippen LogP contribution in [0, 0.1) is 0 Å². The Bertz CT molecular complexity index is 792. The third-order valence-electron chi connectivity index (χ3n) is 2.78. The number of oxazole rings is 1. The quantitative estimate of drug-likeness (QED) is 0.432. The zero-order valence-electron chi connectivity index (χ0n) is 12.4. The summed E-state index contributed by atoms with van der Waals surface area (Å²) in [5.41, 5.74) is 7.47. The summed E-state index contributed by atoms with van der Waals surface area (Å²) >= 11 is 0. The van der Waals surface area contributed by atoms with E-state index in [2.05, 4.69) is 28.5 Å². The van der Waals surface area contributed by atoms with E-state index in [0.717, 1.165) is 0 Å². The van der Waals surface area contributed by atoms with E-state index in [0.29, 0.717) is 16.7 Å². The Morgan fingerprint density at radius 2 is 1.74 bits per heavy atom. The number of para-hydroxylation sites is 2. The van der Waals surface area contributed by atoms with Gasteiger partial charge in [-0.1, -0.05) is 30.3 Å². The second-order valence-corrected chi connectivity index (χ2v) is 4.28. The minimum absolute atomic E-state index is 0.0737. The van der Waals surface area contributed by atoms with Gasteiger partial charge in [0.2, 0.25) is 5.96 Å². The number of aromatic nitrogens is 1. The maximum Gasteiger partial charge on any atom is 0.325 e. The molecule has 0 atom stereocenters. The van der Waals surface area contributed by atoms with Gasteiger partial charge < -0.3 is 10.2 Å². The smallest absolute Gasteiger partial charge is 0.325 e. The molecular weight excluding hydrogens is 292 g/mol. The van der Waals surface area contributed by atoms with Gasteiger partial charge in [0.05, 0.1) is 0 Å². The molecule has 0 aliphatic rings. The first-order valence-corrected chi connectivity index (χ1v) is 6.78. The van der Waals surface area contributed by atoms with Gasteiger partial charge in [-0.2, -0.15) is 9.98 Å². The lowest BCUT2D eigenvalue weighted by atomic mass is 10.2. The molecule has 0 radical (unpaired) electrons. The molecule has 0 fully saturated rings. The first-order valence-electron chi connectivity index (χ1n) is 6.78. The number of hydrogen-bond acceptors (Lipinski definition) is 4. The number of benzene rings is 2. The van der Waals surface area contributed by atoms with Gasteiger partial charge in [0.1, 0.15) is 5.52 Å². The number of aliphatic imine (C=N–C) groups is 1. The molecule has 1 amide bonds. The number of guanidine groups is 1. The zero-order chi connectivity index (χ0) is 16.7. The molecule has 1 heterocycles. The van der Waals surface area contributed by atoms with Gasteiger partial charge in [0.25, 0.3) is 5.91 Å². The van der Waals surface area contributed by atoms with Gasteiger partial charge >= 0.3 is 6.01 Å². The van der Waals surface area contributed by atoms with Crippen LogP contribution in [0.15, 0.2) is 77.2 Å². The van der Waals surface area contributed by atoms with Crippen molar-refractivity contribution < 1.29 is 9.21 Å². The Balaban J connectivity index is 0.000000924. The molecule has 0 unspecified atom stereocenters. The minimum atomic E-state index is -0.340. The van der Waals surface area contributed by atoms with E-state index < -0.39 is 0 Å². The summed E-state index contributed by atoms with van der Waals surface area (Å²) in [6.45, 7) is 6.00. The lowest BCUT2D eigenvalue weighted by molar-refractivity contribution is 0.0976. The highest BCUT2D eigenvalue weighted by Crippen LogP contribution is 2.19. The van der Waals surface area contributed by atoms with Crippen LogP contribution in [0.1, 0.15) is 10.4 Å². The molecule has 6 heteroatoms. The van der Waals surface area contributed by atoms with Crippen LogP contribution < -0.4 is 11.1 Å². The summed E-state index contributed by atoms with van der Waals surface area (Å²) < 4.78 is 5.40. The Labute approximate surface area is 133 Å². The van der Waals surface area contributed by atoms with Gasteiger partial charge in [0.15, 0.2) is 5.58 Å². The fourth-order valence-corrected chi connectivity index (χ4v) is 1.82. The number of carbonyl (C=O) groups excluding carboxylic acids is 1. The first kappa shape index (κ1) is 16.0. The lowest BCUT2D eigenvalue weighted by Crippen LogP contribution is -2.36. The van der Waals surface area contributed by atoms with Crippen molar-refractivity contribution in [1.29, 1.82) is 0 Å². The molecule has 0 spiro atoms. The maximum atomic E-state index is 11.9. The summed E-state index contributed by atoms with van der Waals surface area (Å²) in [6.07, 6.45) is 0. The maximum absolute atomic E-state index is 11.9. The van der Waals surface area contributed by atoms with Crippen molar-refractivity contribution in [3.63, 3.8) is 0 Å². The molecule has 0 aliphatic heterocycles. The highest BCUT2D eigenvalue weighted by Gasteiger charge is 2.08. The van der Waals surface area contributed by atoms with Crippen LogP contribution in [-0.4, -0.2) is 16.9 Å². The minimum Gasteiger partial charge on any atom is -0.422 e. The normalized spacial score (nSPS) is 10.7. The second kappa shape index (κ2) is 7.56. The van der Waals surface area contributed by atoms with Crippen molar-refractivity contribution in [3.8, 4) is 0 Å². The average Bonchev–Trinajstić information content (AvgIpc) is 2.99. The standard InChI is InChI=1S/C15H12N4O2.C2H4/c16-14(18-13(20)10-6-2-1-3-7-10)19-15-17-11-8-4-5-9-12(11)21-15;1-2/h1-9H,(H3,16,17,18,19,20);1-2H2.